The van der Waals surface area contributed by atoms with E-state index in [1.54, 1.807) is 5.51 Å². The van der Waals surface area contributed by atoms with Crippen LogP contribution in [0.3, 0.4) is 0 Å². The number of aliphatic carboxylic acids is 1. The van der Waals surface area contributed by atoms with Crippen LogP contribution in [0.25, 0.3) is 16.5 Å². The molecule has 0 aromatic carbocycles. The lowest BCUT2D eigenvalue weighted by Gasteiger charge is -1.89. The first-order chi connectivity index (χ1) is 6.24. The molecule has 1 aromatic heterocycles. The quantitative estimate of drug-likeness (QED) is 0.345. The maximum Gasteiger partial charge on any atom is 0.338 e. The highest BCUT2D eigenvalue weighted by atomic mass is 32.1. The number of hydrogen-bond acceptors (Lipinski definition) is 4. The van der Waals surface area contributed by atoms with Crippen LogP contribution in [0.4, 0.5) is 0 Å². The molecule has 1 rings (SSSR count). The fraction of sp³-hybridized carbons (Fsp3) is 0. The molecule has 0 bridgehead atoms. The Morgan fingerprint density at radius 3 is 3.08 bits per heavy atom. The summed E-state index contributed by atoms with van der Waals surface area (Å²) in [4.78, 5) is 17.2. The van der Waals surface area contributed by atoms with Gasteiger partial charge in [-0.3, -0.25) is 4.98 Å². The summed E-state index contributed by atoms with van der Waals surface area (Å²) in [6.07, 6.45) is 2.75. The van der Waals surface area contributed by atoms with E-state index in [9.17, 15) is 4.79 Å². The number of aromatic nitrogens is 1. The van der Waals surface area contributed by atoms with E-state index in [0.717, 1.165) is 0 Å². The summed E-state index contributed by atoms with van der Waals surface area (Å²) in [5, 5.41) is 11.6. The van der Waals surface area contributed by atoms with Crippen LogP contribution in [0.1, 0.15) is 4.88 Å². The van der Waals surface area contributed by atoms with Gasteiger partial charge in [0.1, 0.15) is 5.70 Å². The number of carboxylic acid groups (broad SMARTS) is 1. The Labute approximate surface area is 76.8 Å². The lowest BCUT2D eigenvalue weighted by molar-refractivity contribution is -0.132. The number of thiazole rings is 1. The Hall–Kier alpha value is -1.85. The van der Waals surface area contributed by atoms with E-state index >= 15 is 0 Å². The second kappa shape index (κ2) is 4.24. The van der Waals surface area contributed by atoms with Gasteiger partial charge in [-0.1, -0.05) is 5.11 Å². The summed E-state index contributed by atoms with van der Waals surface area (Å²) in [5.41, 5.74) is 9.27. The maximum absolute atomic E-state index is 10.5. The van der Waals surface area contributed by atoms with E-state index in [0.29, 0.717) is 4.88 Å². The molecule has 6 nitrogen and oxygen atoms in total. The third-order valence-corrected chi connectivity index (χ3v) is 1.82. The van der Waals surface area contributed by atoms with Crippen molar-refractivity contribution in [1.82, 2.24) is 4.98 Å². The molecule has 0 aliphatic heterocycles. The topological polar surface area (TPSA) is 99.0 Å². The summed E-state index contributed by atoms with van der Waals surface area (Å²) in [6, 6.07) is 0. The summed E-state index contributed by atoms with van der Waals surface area (Å²) in [5.74, 6) is -1.26. The van der Waals surface area contributed by atoms with Gasteiger partial charge in [-0.2, -0.15) is 0 Å². The van der Waals surface area contributed by atoms with Crippen molar-refractivity contribution in [2.45, 2.75) is 0 Å². The summed E-state index contributed by atoms with van der Waals surface area (Å²) < 4.78 is 0. The van der Waals surface area contributed by atoms with Crippen molar-refractivity contribution < 1.29 is 9.90 Å². The highest BCUT2D eigenvalue weighted by Crippen LogP contribution is 2.12. The number of carboxylic acids is 1. The third kappa shape index (κ3) is 2.58. The molecule has 0 aliphatic rings. The van der Waals surface area contributed by atoms with Gasteiger partial charge in [0.15, 0.2) is 0 Å². The van der Waals surface area contributed by atoms with Crippen LogP contribution >= 0.6 is 11.3 Å². The van der Waals surface area contributed by atoms with Crippen molar-refractivity contribution in [1.29, 1.82) is 0 Å². The number of nitrogens with zero attached hydrogens (tertiary/aromatic N) is 4. The lowest BCUT2D eigenvalue weighted by Crippen LogP contribution is -1.95. The van der Waals surface area contributed by atoms with Crippen molar-refractivity contribution in [3.8, 4) is 0 Å². The minimum absolute atomic E-state index is 0.341. The summed E-state index contributed by atoms with van der Waals surface area (Å²) >= 11 is 1.26. The fourth-order valence-corrected chi connectivity index (χ4v) is 1.16. The Morgan fingerprint density at radius 2 is 2.62 bits per heavy atom. The standard InChI is InChI=1S/C6H4N4O2S/c7-10-9-5(6(11)12)1-4-2-8-3-13-4/h1-3H,(H,11,12). The van der Waals surface area contributed by atoms with Gasteiger partial charge in [0.05, 0.1) is 5.51 Å². The van der Waals surface area contributed by atoms with Crippen molar-refractivity contribution in [3.63, 3.8) is 0 Å². The van der Waals surface area contributed by atoms with Crippen LogP contribution in [0.15, 0.2) is 22.5 Å². The molecule has 0 aliphatic carbocycles. The molecule has 0 fully saturated rings. The van der Waals surface area contributed by atoms with Gasteiger partial charge < -0.3 is 5.11 Å². The first kappa shape index (κ1) is 9.24. The summed E-state index contributed by atoms with van der Waals surface area (Å²) in [7, 11) is 0. The molecule has 66 valence electrons. The largest absolute Gasteiger partial charge is 0.478 e. The average molecular weight is 196 g/mol. The zero-order chi connectivity index (χ0) is 9.68. The smallest absolute Gasteiger partial charge is 0.338 e. The highest BCUT2D eigenvalue weighted by molar-refractivity contribution is 7.10. The van der Waals surface area contributed by atoms with Crippen molar-refractivity contribution in [2.75, 3.05) is 0 Å². The molecule has 0 atom stereocenters. The third-order valence-electron chi connectivity index (χ3n) is 1.10. The molecule has 1 heterocycles. The average Bonchev–Trinajstić information content (AvgIpc) is 2.56. The van der Waals surface area contributed by atoms with Crippen LogP contribution in [0, 0.1) is 0 Å². The molecule has 0 saturated carbocycles. The van der Waals surface area contributed by atoms with E-state index in [1.165, 1.54) is 23.6 Å². The molecule has 0 radical (unpaired) electrons. The normalized spacial score (nSPS) is 10.6. The number of azide groups is 1. The Bertz CT molecular complexity index is 373. The molecule has 0 unspecified atom stereocenters. The van der Waals surface area contributed by atoms with Crippen LogP contribution in [0.5, 0.6) is 0 Å². The van der Waals surface area contributed by atoms with Gasteiger partial charge in [-0.25, -0.2) is 4.79 Å². The monoisotopic (exact) mass is 196 g/mol. The fourth-order valence-electron chi connectivity index (χ4n) is 0.613. The minimum Gasteiger partial charge on any atom is -0.478 e. The Morgan fingerprint density at radius 1 is 1.85 bits per heavy atom. The highest BCUT2D eigenvalue weighted by Gasteiger charge is 2.04. The zero-order valence-electron chi connectivity index (χ0n) is 6.28. The molecule has 1 N–H and O–H groups in total. The second-order valence-electron chi connectivity index (χ2n) is 1.93. The number of carbonyl (C=O) groups is 1. The molecule has 0 amide bonds. The van der Waals surface area contributed by atoms with Gasteiger partial charge in [-0.05, 0) is 11.6 Å². The minimum atomic E-state index is -1.26. The first-order valence-corrected chi connectivity index (χ1v) is 4.00. The van der Waals surface area contributed by atoms with E-state index in [-0.39, 0.29) is 5.70 Å². The van der Waals surface area contributed by atoms with Crippen molar-refractivity contribution in [3.05, 3.63) is 32.7 Å². The van der Waals surface area contributed by atoms with E-state index in [2.05, 4.69) is 15.0 Å². The predicted octanol–water partition coefficient (Wildman–Crippen LogP) is 1.88. The van der Waals surface area contributed by atoms with Crippen molar-refractivity contribution >= 4 is 23.4 Å². The van der Waals surface area contributed by atoms with Gasteiger partial charge in [-0.15, -0.1) is 11.3 Å². The molecular weight excluding hydrogens is 192 g/mol. The molecule has 7 heteroatoms. The molecule has 1 aromatic rings. The molecule has 13 heavy (non-hydrogen) atoms. The molecular formula is C6H4N4O2S. The summed E-state index contributed by atoms with van der Waals surface area (Å²) in [6.45, 7) is 0. The lowest BCUT2D eigenvalue weighted by atomic mass is 10.4. The molecule has 0 saturated heterocycles. The van der Waals surface area contributed by atoms with E-state index in [1.807, 2.05) is 0 Å². The second-order valence-corrected chi connectivity index (χ2v) is 2.85. The van der Waals surface area contributed by atoms with Gasteiger partial charge in [0.2, 0.25) is 0 Å². The van der Waals surface area contributed by atoms with Crippen LogP contribution in [-0.2, 0) is 4.79 Å². The first-order valence-electron chi connectivity index (χ1n) is 3.12. The molecule has 0 spiro atoms. The number of hydrogen-bond donors (Lipinski definition) is 1. The zero-order valence-corrected chi connectivity index (χ0v) is 7.10. The van der Waals surface area contributed by atoms with E-state index < -0.39 is 5.97 Å². The van der Waals surface area contributed by atoms with Crippen LogP contribution < -0.4 is 0 Å². The van der Waals surface area contributed by atoms with Crippen LogP contribution in [0.2, 0.25) is 0 Å². The van der Waals surface area contributed by atoms with Crippen LogP contribution in [-0.4, -0.2) is 16.1 Å². The van der Waals surface area contributed by atoms with Gasteiger partial charge >= 0.3 is 5.97 Å². The predicted molar refractivity (Wildman–Crippen MR) is 46.9 cm³/mol. The van der Waals surface area contributed by atoms with Gasteiger partial charge in [0.25, 0.3) is 0 Å². The Kier molecular flexibility index (Phi) is 3.02. The van der Waals surface area contributed by atoms with E-state index in [4.69, 9.17) is 10.6 Å². The number of rotatable bonds is 3. The van der Waals surface area contributed by atoms with Gasteiger partial charge in [0, 0.05) is 16.0 Å². The Balaban J connectivity index is 3.00. The maximum atomic E-state index is 10.5. The SMILES string of the molecule is [N-]=[N+]=NC(=Cc1cncs1)C(=O)O. The van der Waals surface area contributed by atoms with Crippen molar-refractivity contribution in [2.24, 2.45) is 5.11 Å².